The molecular formula is C18H18N2O. The molecular weight excluding hydrogens is 260 g/mol. The lowest BCUT2D eigenvalue weighted by molar-refractivity contribution is 0.1000. The first kappa shape index (κ1) is 13.4. The van der Waals surface area contributed by atoms with Crippen LogP contribution in [0.25, 0.3) is 10.9 Å². The number of carbonyl (C=O) groups is 1. The van der Waals surface area contributed by atoms with E-state index >= 15 is 0 Å². The number of carbonyl (C=O) groups excluding carboxylic acids is 1. The van der Waals surface area contributed by atoms with Crippen molar-refractivity contribution in [2.75, 3.05) is 0 Å². The normalized spacial score (nSPS) is 11.0. The first-order valence-electron chi connectivity index (χ1n) is 6.99. The van der Waals surface area contributed by atoms with Crippen molar-refractivity contribution >= 4 is 16.8 Å². The highest BCUT2D eigenvalue weighted by Gasteiger charge is 2.07. The molecule has 1 heterocycles. The van der Waals surface area contributed by atoms with Crippen molar-refractivity contribution in [2.45, 2.75) is 20.4 Å². The van der Waals surface area contributed by atoms with Gasteiger partial charge in [-0.2, -0.15) is 0 Å². The minimum atomic E-state index is -0.383. The number of aromatic nitrogens is 1. The number of aryl methyl sites for hydroxylation is 2. The predicted octanol–water partition coefficient (Wildman–Crippen LogP) is 3.41. The zero-order chi connectivity index (χ0) is 15.0. The zero-order valence-electron chi connectivity index (χ0n) is 12.3. The van der Waals surface area contributed by atoms with Gasteiger partial charge in [0.2, 0.25) is 5.91 Å². The van der Waals surface area contributed by atoms with Crippen LogP contribution in [0.5, 0.6) is 0 Å². The number of nitrogens with zero attached hydrogens (tertiary/aromatic N) is 1. The summed E-state index contributed by atoms with van der Waals surface area (Å²) >= 11 is 0. The minimum absolute atomic E-state index is 0.383. The smallest absolute Gasteiger partial charge is 0.248 e. The van der Waals surface area contributed by atoms with Crippen molar-refractivity contribution in [2.24, 2.45) is 5.73 Å². The molecule has 1 amide bonds. The standard InChI is InChI=1S/C18H18N2O/c1-12-3-6-17-14(9-12)7-8-20(17)11-16-5-4-15(18(19)21)10-13(16)2/h3-10H,11H2,1-2H3,(H2,19,21). The Hall–Kier alpha value is -2.55. The highest BCUT2D eigenvalue weighted by Crippen LogP contribution is 2.20. The van der Waals surface area contributed by atoms with Crippen molar-refractivity contribution in [3.63, 3.8) is 0 Å². The van der Waals surface area contributed by atoms with Crippen LogP contribution in [0.15, 0.2) is 48.7 Å². The lowest BCUT2D eigenvalue weighted by Gasteiger charge is -2.10. The van der Waals surface area contributed by atoms with Gasteiger partial charge in [0.25, 0.3) is 0 Å². The zero-order valence-corrected chi connectivity index (χ0v) is 12.3. The second-order valence-corrected chi connectivity index (χ2v) is 5.51. The number of hydrogen-bond donors (Lipinski definition) is 1. The maximum Gasteiger partial charge on any atom is 0.248 e. The minimum Gasteiger partial charge on any atom is -0.366 e. The molecule has 0 bridgehead atoms. The molecule has 0 saturated heterocycles. The fourth-order valence-corrected chi connectivity index (χ4v) is 2.67. The first-order chi connectivity index (χ1) is 10.0. The summed E-state index contributed by atoms with van der Waals surface area (Å²) in [7, 11) is 0. The highest BCUT2D eigenvalue weighted by molar-refractivity contribution is 5.93. The van der Waals surface area contributed by atoms with Crippen LogP contribution in [0.1, 0.15) is 27.0 Å². The fourth-order valence-electron chi connectivity index (χ4n) is 2.67. The summed E-state index contributed by atoms with van der Waals surface area (Å²) in [6, 6.07) is 14.2. The summed E-state index contributed by atoms with van der Waals surface area (Å²) in [5, 5.41) is 1.25. The van der Waals surface area contributed by atoms with Crippen LogP contribution in [-0.4, -0.2) is 10.5 Å². The number of amides is 1. The Morgan fingerprint density at radius 2 is 1.90 bits per heavy atom. The maximum absolute atomic E-state index is 11.2. The van der Waals surface area contributed by atoms with Crippen LogP contribution in [0, 0.1) is 13.8 Å². The van der Waals surface area contributed by atoms with Crippen LogP contribution in [0.3, 0.4) is 0 Å². The van der Waals surface area contributed by atoms with Gasteiger partial charge in [-0.3, -0.25) is 4.79 Å². The van der Waals surface area contributed by atoms with Gasteiger partial charge < -0.3 is 10.3 Å². The van der Waals surface area contributed by atoms with E-state index < -0.39 is 0 Å². The third-order valence-corrected chi connectivity index (χ3v) is 3.89. The summed E-state index contributed by atoms with van der Waals surface area (Å²) in [5.41, 5.74) is 10.6. The number of hydrogen-bond acceptors (Lipinski definition) is 1. The molecule has 2 aromatic carbocycles. The van der Waals surface area contributed by atoms with E-state index in [1.165, 1.54) is 22.0 Å². The Kier molecular flexibility index (Phi) is 3.26. The summed E-state index contributed by atoms with van der Waals surface area (Å²) in [4.78, 5) is 11.2. The molecule has 0 fully saturated rings. The second-order valence-electron chi connectivity index (χ2n) is 5.51. The largest absolute Gasteiger partial charge is 0.366 e. The van der Waals surface area contributed by atoms with Gasteiger partial charge in [-0.25, -0.2) is 0 Å². The van der Waals surface area contributed by atoms with E-state index in [0.717, 1.165) is 12.1 Å². The molecule has 0 radical (unpaired) electrons. The van der Waals surface area contributed by atoms with E-state index in [1.54, 1.807) is 6.07 Å². The van der Waals surface area contributed by atoms with Crippen molar-refractivity contribution in [1.29, 1.82) is 0 Å². The van der Waals surface area contributed by atoms with E-state index in [2.05, 4.69) is 42.0 Å². The predicted molar refractivity (Wildman–Crippen MR) is 85.5 cm³/mol. The first-order valence-corrected chi connectivity index (χ1v) is 6.99. The summed E-state index contributed by atoms with van der Waals surface area (Å²) < 4.78 is 2.22. The number of nitrogens with two attached hydrogens (primary N) is 1. The van der Waals surface area contributed by atoms with E-state index in [-0.39, 0.29) is 5.91 Å². The number of benzene rings is 2. The van der Waals surface area contributed by atoms with Gasteiger partial charge >= 0.3 is 0 Å². The Morgan fingerprint density at radius 1 is 1.10 bits per heavy atom. The Morgan fingerprint density at radius 3 is 2.62 bits per heavy atom. The third-order valence-electron chi connectivity index (χ3n) is 3.89. The van der Waals surface area contributed by atoms with Crippen molar-refractivity contribution in [3.8, 4) is 0 Å². The average molecular weight is 278 g/mol. The summed E-state index contributed by atoms with van der Waals surface area (Å²) in [5.74, 6) is -0.383. The van der Waals surface area contributed by atoms with Crippen LogP contribution < -0.4 is 5.73 Å². The topological polar surface area (TPSA) is 48.0 Å². The van der Waals surface area contributed by atoms with Crippen molar-refractivity contribution in [3.05, 3.63) is 70.9 Å². The molecule has 106 valence electrons. The molecule has 3 rings (SSSR count). The molecule has 2 N–H and O–H groups in total. The van der Waals surface area contributed by atoms with Crippen molar-refractivity contribution < 1.29 is 4.79 Å². The maximum atomic E-state index is 11.2. The molecule has 0 spiro atoms. The van der Waals surface area contributed by atoms with Crippen molar-refractivity contribution in [1.82, 2.24) is 4.57 Å². The molecule has 0 atom stereocenters. The lowest BCUT2D eigenvalue weighted by atomic mass is 10.0. The Bertz CT molecular complexity index is 830. The van der Waals surface area contributed by atoms with E-state index in [0.29, 0.717) is 5.56 Å². The Labute approximate surface area is 124 Å². The second kappa shape index (κ2) is 5.09. The van der Waals surface area contributed by atoms with Crippen LogP contribution >= 0.6 is 0 Å². The van der Waals surface area contributed by atoms with Gasteiger partial charge in [-0.05, 0) is 60.7 Å². The summed E-state index contributed by atoms with van der Waals surface area (Å²) in [6.45, 7) is 4.90. The number of primary amides is 1. The van der Waals surface area contributed by atoms with Crippen LogP contribution in [-0.2, 0) is 6.54 Å². The van der Waals surface area contributed by atoms with Gasteiger partial charge in [0.05, 0.1) is 0 Å². The quantitative estimate of drug-likeness (QED) is 0.784. The molecule has 21 heavy (non-hydrogen) atoms. The SMILES string of the molecule is Cc1ccc2c(ccn2Cc2ccc(C(N)=O)cc2C)c1. The number of rotatable bonds is 3. The monoisotopic (exact) mass is 278 g/mol. The molecule has 0 saturated carbocycles. The molecule has 0 aliphatic heterocycles. The van der Waals surface area contributed by atoms with E-state index in [9.17, 15) is 4.79 Å². The van der Waals surface area contributed by atoms with Gasteiger partial charge in [-0.15, -0.1) is 0 Å². The van der Waals surface area contributed by atoms with Gasteiger partial charge in [0.15, 0.2) is 0 Å². The molecule has 3 nitrogen and oxygen atoms in total. The van der Waals surface area contributed by atoms with Gasteiger partial charge in [0, 0.05) is 23.8 Å². The lowest BCUT2D eigenvalue weighted by Crippen LogP contribution is -2.11. The molecule has 3 aromatic rings. The van der Waals surface area contributed by atoms with Gasteiger partial charge in [-0.1, -0.05) is 17.7 Å². The van der Waals surface area contributed by atoms with Crippen LogP contribution in [0.2, 0.25) is 0 Å². The van der Waals surface area contributed by atoms with E-state index in [4.69, 9.17) is 5.73 Å². The van der Waals surface area contributed by atoms with E-state index in [1.807, 2.05) is 19.1 Å². The fraction of sp³-hybridized carbons (Fsp3) is 0.167. The molecule has 3 heteroatoms. The summed E-state index contributed by atoms with van der Waals surface area (Å²) in [6.07, 6.45) is 2.10. The highest BCUT2D eigenvalue weighted by atomic mass is 16.1. The molecule has 0 aliphatic rings. The molecule has 1 aromatic heterocycles. The molecule has 0 unspecified atom stereocenters. The third kappa shape index (κ3) is 2.55. The van der Waals surface area contributed by atoms with Crippen LogP contribution in [0.4, 0.5) is 0 Å². The van der Waals surface area contributed by atoms with Gasteiger partial charge in [0.1, 0.15) is 0 Å². The average Bonchev–Trinajstić information content (AvgIpc) is 2.83. The number of fused-ring (bicyclic) bond motifs is 1. The molecule has 0 aliphatic carbocycles. The Balaban J connectivity index is 1.97.